The summed E-state index contributed by atoms with van der Waals surface area (Å²) < 4.78 is 32.3. The highest BCUT2D eigenvalue weighted by molar-refractivity contribution is 5.77. The van der Waals surface area contributed by atoms with Gasteiger partial charge in [-0.15, -0.1) is 0 Å². The molecule has 81 heavy (non-hydrogen) atoms. The van der Waals surface area contributed by atoms with Gasteiger partial charge >= 0.3 is 35.9 Å². The molecular weight excluding hydrogens is 1030 g/mol. The maximum absolute atomic E-state index is 12.8. The van der Waals surface area contributed by atoms with Crippen molar-refractivity contribution < 1.29 is 62.0 Å². The van der Waals surface area contributed by atoms with Crippen molar-refractivity contribution in [3.63, 3.8) is 0 Å². The van der Waals surface area contributed by atoms with Gasteiger partial charge < -0.3 is 33.2 Å². The van der Waals surface area contributed by atoms with Gasteiger partial charge in [-0.05, 0) is 63.2 Å². The van der Waals surface area contributed by atoms with Gasteiger partial charge in [-0.25, -0.2) is 4.79 Å². The molecule has 0 aromatic rings. The summed E-state index contributed by atoms with van der Waals surface area (Å²) in [6, 6.07) is -0.153. The van der Waals surface area contributed by atoms with Crippen LogP contribution in [0.1, 0.15) is 321 Å². The van der Waals surface area contributed by atoms with E-state index < -0.39 is 23.8 Å². The third-order valence-electron chi connectivity index (χ3n) is 14.2. The van der Waals surface area contributed by atoms with Crippen LogP contribution in [0.4, 0.5) is 4.79 Å². The highest BCUT2D eigenvalue weighted by Crippen LogP contribution is 2.30. The fourth-order valence-electron chi connectivity index (χ4n) is 8.38. The Kier molecular flexibility index (Phi) is 67.7. The Labute approximate surface area is 497 Å². The summed E-state index contributed by atoms with van der Waals surface area (Å²) in [7, 11) is 0. The molecule has 14 nitrogen and oxygen atoms in total. The summed E-state index contributed by atoms with van der Waals surface area (Å²) in [5.74, 6) is -1.99. The van der Waals surface area contributed by atoms with Crippen LogP contribution in [0, 0.1) is 17.8 Å². The quantitative estimate of drug-likeness (QED) is 0.0243. The van der Waals surface area contributed by atoms with Crippen LogP contribution in [0.3, 0.4) is 0 Å². The lowest BCUT2D eigenvalue weighted by molar-refractivity contribution is -0.153. The van der Waals surface area contributed by atoms with Gasteiger partial charge in [-0.1, -0.05) is 238 Å². The predicted octanol–water partition coefficient (Wildman–Crippen LogP) is 18.2. The number of esters is 5. The first-order valence-corrected chi connectivity index (χ1v) is 33.4. The molecule has 1 fully saturated rings. The van der Waals surface area contributed by atoms with Crippen molar-refractivity contribution in [1.29, 1.82) is 0 Å². The monoisotopic (exact) mass is 1160 g/mol. The van der Waals surface area contributed by atoms with Crippen LogP contribution in [0.15, 0.2) is 0 Å². The number of likely N-dealkylation sites (tertiary alicyclic amines) is 1. The van der Waals surface area contributed by atoms with Crippen LogP contribution < -0.4 is 0 Å². The van der Waals surface area contributed by atoms with Crippen LogP contribution in [0.5, 0.6) is 0 Å². The molecular formula is C67H129NO13. The van der Waals surface area contributed by atoms with E-state index in [2.05, 4.69) is 41.5 Å². The van der Waals surface area contributed by atoms with Gasteiger partial charge in [-0.2, -0.15) is 0 Å². The van der Waals surface area contributed by atoms with E-state index in [4.69, 9.17) is 28.4 Å². The molecule has 1 saturated heterocycles. The molecule has 0 spiro atoms. The first kappa shape index (κ1) is 83.7. The van der Waals surface area contributed by atoms with Crippen molar-refractivity contribution in [2.75, 3.05) is 39.6 Å². The molecule has 0 aromatic heterocycles. The van der Waals surface area contributed by atoms with Crippen molar-refractivity contribution in [3.8, 4) is 0 Å². The first-order chi connectivity index (χ1) is 39.2. The van der Waals surface area contributed by atoms with E-state index in [9.17, 15) is 33.6 Å². The normalized spacial score (nSPS) is 13.5. The Morgan fingerprint density at radius 1 is 0.383 bits per heavy atom. The first-order valence-electron chi connectivity index (χ1n) is 33.4. The standard InChI is InChI=1S/C33H59NO8.C23H44O4.C5H10O.C4H10.C2H6/c1-5-9-11-13-15-17-20-39-30(35)22-27(23-31(36)40-21-18-16-14-12-10-6-2)24-32(37)42-26-29-25-28(8-4)34(29)33(38)41-19-7-3;1-4-7-9-11-13-15-17-26-22(24)19-21(6-3)20-23(25)27-18-16-14-12-10-8-5-2;1-3-5(2)4-6;1-3-4-2;1-2/h27-29H,5-26H2,1-4H3;21H,4-20H2,1-3H3;4-5H,3H2,1-2H3;3-4H2,1-2H3;1-2H3. The largest absolute Gasteiger partial charge is 0.466 e. The number of hydrogen-bond donors (Lipinski definition) is 0. The van der Waals surface area contributed by atoms with Gasteiger partial charge in [0.05, 0.1) is 39.1 Å². The summed E-state index contributed by atoms with van der Waals surface area (Å²) in [5, 5.41) is 0. The summed E-state index contributed by atoms with van der Waals surface area (Å²) >= 11 is 0. The molecule has 1 aliphatic rings. The molecule has 14 heteroatoms. The van der Waals surface area contributed by atoms with E-state index in [-0.39, 0.29) is 67.8 Å². The van der Waals surface area contributed by atoms with Gasteiger partial charge in [0.2, 0.25) is 0 Å². The third kappa shape index (κ3) is 56.5. The lowest BCUT2D eigenvalue weighted by Gasteiger charge is -2.47. The van der Waals surface area contributed by atoms with Crippen molar-refractivity contribution in [2.45, 2.75) is 333 Å². The molecule has 3 atom stereocenters. The Balaban J connectivity index is -0.000000646. The Morgan fingerprint density at radius 2 is 0.704 bits per heavy atom. The molecule has 0 saturated carbocycles. The Morgan fingerprint density at radius 3 is 0.975 bits per heavy atom. The smallest absolute Gasteiger partial charge is 0.410 e. The number of unbranched alkanes of at least 4 members (excludes halogenated alkanes) is 21. The van der Waals surface area contributed by atoms with Crippen molar-refractivity contribution in [2.24, 2.45) is 17.8 Å². The summed E-state index contributed by atoms with van der Waals surface area (Å²) in [6.45, 7) is 29.1. The fourth-order valence-corrected chi connectivity index (χ4v) is 8.38. The minimum atomic E-state index is -0.568. The van der Waals surface area contributed by atoms with E-state index in [0.717, 1.165) is 103 Å². The minimum absolute atomic E-state index is 0.0270. The maximum Gasteiger partial charge on any atom is 0.410 e. The Bertz CT molecular complexity index is 1380. The molecule has 480 valence electrons. The average molecular weight is 1160 g/mol. The number of carbonyl (C=O) groups is 7. The van der Waals surface area contributed by atoms with Gasteiger partial charge in [0.25, 0.3) is 0 Å². The molecule has 1 heterocycles. The fraction of sp³-hybridized carbons (Fsp3) is 0.896. The van der Waals surface area contributed by atoms with Gasteiger partial charge in [0, 0.05) is 44.1 Å². The highest BCUT2D eigenvalue weighted by atomic mass is 16.6. The number of aldehydes is 1. The predicted molar refractivity (Wildman–Crippen MR) is 332 cm³/mol. The number of hydrogen-bond acceptors (Lipinski definition) is 13. The zero-order valence-corrected chi connectivity index (χ0v) is 54.9. The zero-order valence-electron chi connectivity index (χ0n) is 54.9. The average Bonchev–Trinajstić information content (AvgIpc) is 3.57. The summed E-state index contributed by atoms with van der Waals surface area (Å²) in [5.41, 5.74) is 0. The van der Waals surface area contributed by atoms with E-state index in [1.165, 1.54) is 103 Å². The van der Waals surface area contributed by atoms with Crippen LogP contribution in [0.2, 0.25) is 0 Å². The molecule has 1 rings (SSSR count). The molecule has 0 aromatic carbocycles. The minimum Gasteiger partial charge on any atom is -0.466 e. The van der Waals surface area contributed by atoms with Crippen LogP contribution in [-0.2, 0) is 57.2 Å². The molecule has 1 aliphatic heterocycles. The van der Waals surface area contributed by atoms with E-state index >= 15 is 0 Å². The molecule has 3 unspecified atom stereocenters. The second kappa shape index (κ2) is 65.4. The molecule has 0 aliphatic carbocycles. The lowest BCUT2D eigenvalue weighted by atomic mass is 9.92. The van der Waals surface area contributed by atoms with Crippen molar-refractivity contribution >= 4 is 42.2 Å². The Hall–Kier alpha value is -3.71. The number of rotatable bonds is 47. The van der Waals surface area contributed by atoms with Crippen molar-refractivity contribution in [1.82, 2.24) is 4.90 Å². The maximum atomic E-state index is 12.8. The molecule has 1 amide bonds. The van der Waals surface area contributed by atoms with Crippen LogP contribution in [-0.4, -0.2) is 98.9 Å². The van der Waals surface area contributed by atoms with Gasteiger partial charge in [-0.3, -0.25) is 28.9 Å². The zero-order chi connectivity index (χ0) is 61.6. The molecule has 0 bridgehead atoms. The summed E-state index contributed by atoms with van der Waals surface area (Å²) in [6.07, 6.45) is 34.9. The van der Waals surface area contributed by atoms with E-state index in [1.54, 1.807) is 4.90 Å². The second-order valence-corrected chi connectivity index (χ2v) is 21.8. The molecule has 0 N–H and O–H groups in total. The number of nitrogens with zero attached hydrogens (tertiary/aromatic N) is 1. The number of amides is 1. The van der Waals surface area contributed by atoms with E-state index in [1.807, 2.05) is 48.5 Å². The van der Waals surface area contributed by atoms with E-state index in [0.29, 0.717) is 45.9 Å². The van der Waals surface area contributed by atoms with Crippen LogP contribution in [0.25, 0.3) is 0 Å². The number of carbonyl (C=O) groups excluding carboxylic acids is 7. The highest BCUT2D eigenvalue weighted by Gasteiger charge is 2.42. The van der Waals surface area contributed by atoms with Crippen LogP contribution >= 0.6 is 0 Å². The van der Waals surface area contributed by atoms with Gasteiger partial charge in [0.1, 0.15) is 12.9 Å². The summed E-state index contributed by atoms with van der Waals surface area (Å²) in [4.78, 5) is 85.6. The molecule has 0 radical (unpaired) electrons. The SMILES string of the molecule is CC.CCC(C)C=O.CCCC.CCCCCCCCOC(=O)CC(CC(=O)OCCCCCCCC)CC(=O)OCC1CC(CC)N1C(=O)OCCC.CCCCCCCCOC(=O)CC(CC)CC(=O)OCCCCCCCC. The third-order valence-corrected chi connectivity index (χ3v) is 14.2. The lowest BCUT2D eigenvalue weighted by Crippen LogP contribution is -2.60. The van der Waals surface area contributed by atoms with Gasteiger partial charge in [0.15, 0.2) is 0 Å². The topological polar surface area (TPSA) is 178 Å². The number of ether oxygens (including phenoxy) is 6. The van der Waals surface area contributed by atoms with Crippen molar-refractivity contribution in [3.05, 3.63) is 0 Å². The second-order valence-electron chi connectivity index (χ2n) is 21.8.